The van der Waals surface area contributed by atoms with Gasteiger partial charge in [0.05, 0.1) is 29.4 Å². The van der Waals surface area contributed by atoms with Crippen LogP contribution in [-0.2, 0) is 4.74 Å². The second-order valence-corrected chi connectivity index (χ2v) is 5.30. The molecule has 0 saturated heterocycles. The van der Waals surface area contributed by atoms with Gasteiger partial charge in [0.15, 0.2) is 0 Å². The van der Waals surface area contributed by atoms with Gasteiger partial charge in [0.25, 0.3) is 0 Å². The number of carboxylic acids is 1. The zero-order valence-electron chi connectivity index (χ0n) is 13.7. The number of carboxylic acid groups (broad SMARTS) is 1. The van der Waals surface area contributed by atoms with Crippen LogP contribution < -0.4 is 5.32 Å². The van der Waals surface area contributed by atoms with Gasteiger partial charge in [-0.1, -0.05) is 6.07 Å². The summed E-state index contributed by atoms with van der Waals surface area (Å²) in [6.45, 7) is 3.81. The number of esters is 1. The number of nitrogens with one attached hydrogen (secondary N) is 1. The lowest BCUT2D eigenvalue weighted by molar-refractivity contribution is 0.0525. The number of hydrogen-bond acceptors (Lipinski definition) is 6. The highest BCUT2D eigenvalue weighted by Crippen LogP contribution is 2.22. The van der Waals surface area contributed by atoms with Gasteiger partial charge in [0, 0.05) is 11.4 Å². The predicted molar refractivity (Wildman–Crippen MR) is 90.4 cm³/mol. The average molecular weight is 340 g/mol. The van der Waals surface area contributed by atoms with E-state index in [0.717, 1.165) is 0 Å². The van der Waals surface area contributed by atoms with Crippen molar-refractivity contribution in [2.24, 2.45) is 0 Å². The van der Waals surface area contributed by atoms with Gasteiger partial charge >= 0.3 is 11.9 Å². The van der Waals surface area contributed by atoms with Crippen molar-refractivity contribution in [3.8, 4) is 0 Å². The van der Waals surface area contributed by atoms with E-state index in [1.165, 1.54) is 18.3 Å². The maximum Gasteiger partial charge on any atom is 0.339 e. The summed E-state index contributed by atoms with van der Waals surface area (Å²) >= 11 is 0. The van der Waals surface area contributed by atoms with Gasteiger partial charge < -0.3 is 15.2 Å². The third kappa shape index (κ3) is 3.14. The van der Waals surface area contributed by atoms with Crippen LogP contribution in [0.3, 0.4) is 0 Å². The van der Waals surface area contributed by atoms with Gasteiger partial charge in [-0.3, -0.25) is 4.40 Å². The van der Waals surface area contributed by atoms with Gasteiger partial charge in [-0.25, -0.2) is 9.59 Å². The number of fused-ring (bicyclic) bond motifs is 1. The Morgan fingerprint density at radius 3 is 2.84 bits per heavy atom. The number of carbonyl (C=O) groups is 2. The molecule has 2 heterocycles. The molecule has 3 aromatic rings. The maximum absolute atomic E-state index is 12.1. The van der Waals surface area contributed by atoms with Crippen LogP contribution in [0.15, 0.2) is 36.5 Å². The quantitative estimate of drug-likeness (QED) is 0.688. The Morgan fingerprint density at radius 2 is 2.12 bits per heavy atom. The number of aromatic carboxylic acids is 1. The first-order chi connectivity index (χ1) is 12.0. The van der Waals surface area contributed by atoms with Crippen LogP contribution in [0.25, 0.3) is 5.52 Å². The molecule has 2 N–H and O–H groups in total. The highest BCUT2D eigenvalue weighted by molar-refractivity contribution is 5.93. The molecular formula is C17H16N4O4. The second kappa shape index (κ2) is 6.60. The van der Waals surface area contributed by atoms with E-state index >= 15 is 0 Å². The van der Waals surface area contributed by atoms with Crippen molar-refractivity contribution in [3.63, 3.8) is 0 Å². The molecule has 0 atom stereocenters. The van der Waals surface area contributed by atoms with E-state index in [-0.39, 0.29) is 12.2 Å². The molecule has 1 aromatic carbocycles. The number of rotatable bonds is 5. The molecule has 2 aromatic heterocycles. The van der Waals surface area contributed by atoms with E-state index in [1.807, 2.05) is 0 Å². The smallest absolute Gasteiger partial charge is 0.339 e. The summed E-state index contributed by atoms with van der Waals surface area (Å²) in [6, 6.07) is 8.03. The number of aromatic nitrogens is 3. The number of benzene rings is 1. The van der Waals surface area contributed by atoms with Crippen molar-refractivity contribution in [1.82, 2.24) is 14.6 Å². The molecule has 0 radical (unpaired) electrons. The van der Waals surface area contributed by atoms with Crippen molar-refractivity contribution < 1.29 is 19.4 Å². The van der Waals surface area contributed by atoms with Crippen molar-refractivity contribution in [3.05, 3.63) is 53.3 Å². The normalized spacial score (nSPS) is 10.6. The largest absolute Gasteiger partial charge is 0.478 e. The topological polar surface area (TPSA) is 106 Å². The van der Waals surface area contributed by atoms with Crippen LogP contribution in [0.4, 0.5) is 11.6 Å². The van der Waals surface area contributed by atoms with E-state index in [1.54, 1.807) is 36.4 Å². The zero-order chi connectivity index (χ0) is 18.0. The summed E-state index contributed by atoms with van der Waals surface area (Å²) in [5.74, 6) is -1.06. The van der Waals surface area contributed by atoms with Crippen LogP contribution in [-0.4, -0.2) is 38.3 Å². The molecule has 0 aliphatic rings. The van der Waals surface area contributed by atoms with Gasteiger partial charge in [0.1, 0.15) is 0 Å². The van der Waals surface area contributed by atoms with Crippen molar-refractivity contribution >= 4 is 29.1 Å². The van der Waals surface area contributed by atoms with Crippen LogP contribution in [0.5, 0.6) is 0 Å². The number of aryl methyl sites for hydroxylation is 1. The van der Waals surface area contributed by atoms with Gasteiger partial charge in [-0.05, 0) is 38.1 Å². The van der Waals surface area contributed by atoms with Crippen LogP contribution >= 0.6 is 0 Å². The molecule has 0 fully saturated rings. The highest BCUT2D eigenvalue weighted by Gasteiger charge is 2.17. The molecule has 8 heteroatoms. The zero-order valence-corrected chi connectivity index (χ0v) is 13.7. The fourth-order valence-corrected chi connectivity index (χ4v) is 2.55. The summed E-state index contributed by atoms with van der Waals surface area (Å²) in [4.78, 5) is 23.2. The fraction of sp³-hybridized carbons (Fsp3) is 0.176. The third-order valence-electron chi connectivity index (χ3n) is 3.69. The number of nitrogens with zero attached hydrogens (tertiary/aromatic N) is 3. The molecule has 0 aliphatic carbocycles. The molecule has 0 aliphatic heterocycles. The molecule has 25 heavy (non-hydrogen) atoms. The summed E-state index contributed by atoms with van der Waals surface area (Å²) in [5.41, 5.74) is 2.46. The molecule has 0 amide bonds. The van der Waals surface area contributed by atoms with Crippen molar-refractivity contribution in [1.29, 1.82) is 0 Å². The van der Waals surface area contributed by atoms with E-state index in [2.05, 4.69) is 15.5 Å². The fourth-order valence-electron chi connectivity index (χ4n) is 2.55. The lowest BCUT2D eigenvalue weighted by Crippen LogP contribution is -2.08. The summed E-state index contributed by atoms with van der Waals surface area (Å²) in [5, 5.41) is 20.1. The van der Waals surface area contributed by atoms with Crippen molar-refractivity contribution in [2.75, 3.05) is 11.9 Å². The third-order valence-corrected chi connectivity index (χ3v) is 3.69. The van der Waals surface area contributed by atoms with E-state index in [9.17, 15) is 9.59 Å². The van der Waals surface area contributed by atoms with E-state index < -0.39 is 11.9 Å². The molecule has 128 valence electrons. The molecule has 0 unspecified atom stereocenters. The number of hydrogen-bond donors (Lipinski definition) is 2. The summed E-state index contributed by atoms with van der Waals surface area (Å²) in [7, 11) is 0. The average Bonchev–Trinajstić information content (AvgIpc) is 2.93. The summed E-state index contributed by atoms with van der Waals surface area (Å²) < 4.78 is 6.79. The molecule has 0 saturated carbocycles. The number of ether oxygens (including phenoxy) is 1. The molecule has 0 spiro atoms. The van der Waals surface area contributed by atoms with E-state index in [4.69, 9.17) is 9.84 Å². The number of anilines is 2. The minimum Gasteiger partial charge on any atom is -0.478 e. The van der Waals surface area contributed by atoms with Gasteiger partial charge in [0.2, 0.25) is 5.95 Å². The highest BCUT2D eigenvalue weighted by atomic mass is 16.5. The first-order valence-electron chi connectivity index (χ1n) is 7.62. The standard InChI is InChI=1S/C17H16N4O4/c1-3-25-16(24)14-8-13-9-18-20-17(21(13)10(14)2)19-12-6-4-5-11(7-12)15(22)23/h4-9H,3H2,1-2H3,(H,19,20)(H,22,23). The number of carbonyl (C=O) groups excluding carboxylic acids is 1. The predicted octanol–water partition coefficient (Wildman–Crippen LogP) is 2.66. The Hall–Kier alpha value is -3.42. The minimum absolute atomic E-state index is 0.154. The minimum atomic E-state index is -1.02. The van der Waals surface area contributed by atoms with Gasteiger partial charge in [-0.2, -0.15) is 5.10 Å². The molecule has 0 bridgehead atoms. The van der Waals surface area contributed by atoms with Gasteiger partial charge in [-0.15, -0.1) is 5.10 Å². The first-order valence-corrected chi connectivity index (χ1v) is 7.62. The Balaban J connectivity index is 2.04. The van der Waals surface area contributed by atoms with Crippen molar-refractivity contribution in [2.45, 2.75) is 13.8 Å². The Morgan fingerprint density at radius 1 is 1.32 bits per heavy atom. The molecular weight excluding hydrogens is 324 g/mol. The van der Waals surface area contributed by atoms with E-state index in [0.29, 0.717) is 28.4 Å². The molecule has 3 rings (SSSR count). The lowest BCUT2D eigenvalue weighted by atomic mass is 10.2. The van der Waals surface area contributed by atoms with Crippen LogP contribution in [0, 0.1) is 6.92 Å². The maximum atomic E-state index is 12.1. The van der Waals surface area contributed by atoms with Crippen LogP contribution in [0.2, 0.25) is 0 Å². The molecule has 8 nitrogen and oxygen atoms in total. The Labute approximate surface area is 143 Å². The van der Waals surface area contributed by atoms with Crippen LogP contribution in [0.1, 0.15) is 33.3 Å². The Bertz CT molecular complexity index is 964. The summed E-state index contributed by atoms with van der Waals surface area (Å²) in [6.07, 6.45) is 1.54. The Kier molecular flexibility index (Phi) is 4.34. The first kappa shape index (κ1) is 16.4. The lowest BCUT2D eigenvalue weighted by Gasteiger charge is -2.09. The monoisotopic (exact) mass is 340 g/mol. The SMILES string of the molecule is CCOC(=O)c1cc2cnnc(Nc3cccc(C(=O)O)c3)n2c1C. The second-order valence-electron chi connectivity index (χ2n) is 5.30.